The van der Waals surface area contributed by atoms with Crippen LogP contribution in [0.1, 0.15) is 11.1 Å². The van der Waals surface area contributed by atoms with Crippen LogP contribution >= 0.6 is 0 Å². The fourth-order valence-electron chi connectivity index (χ4n) is 2.51. The van der Waals surface area contributed by atoms with E-state index in [1.165, 1.54) is 16.8 Å². The van der Waals surface area contributed by atoms with Crippen LogP contribution in [0.15, 0.2) is 48.5 Å². The Labute approximate surface area is 113 Å². The highest BCUT2D eigenvalue weighted by Gasteiger charge is 2.14. The van der Waals surface area contributed by atoms with E-state index in [0.29, 0.717) is 5.75 Å². The molecule has 0 atom stereocenters. The molecule has 3 rings (SSSR count). The molecular weight excluding hydrogens is 236 g/mol. The normalized spacial score (nSPS) is 14.8. The third kappa shape index (κ3) is 2.71. The third-order valence-corrected chi connectivity index (χ3v) is 3.52. The third-order valence-electron chi connectivity index (χ3n) is 3.52. The molecule has 0 radical (unpaired) electrons. The van der Waals surface area contributed by atoms with Crippen molar-refractivity contribution in [2.45, 2.75) is 13.1 Å². The molecular formula is C16H18N2O. The zero-order chi connectivity index (χ0) is 13.1. The fraction of sp³-hybridized carbons (Fsp3) is 0.250. The Hall–Kier alpha value is -2.00. The van der Waals surface area contributed by atoms with Crippen LogP contribution in [0.4, 0.5) is 5.69 Å². The molecule has 0 aliphatic carbocycles. The lowest BCUT2D eigenvalue weighted by Crippen LogP contribution is -2.28. The number of nitrogens with zero attached hydrogens (tertiary/aromatic N) is 1. The molecule has 0 amide bonds. The van der Waals surface area contributed by atoms with E-state index in [-0.39, 0.29) is 0 Å². The standard InChI is InChI=1S/C16H18N2O/c19-15-7-5-13(6-8-15)12-18-10-9-17-11-14-3-1-2-4-16(14)18/h1-8,17,19H,9-12H2. The number of nitrogens with one attached hydrogen (secondary N) is 1. The van der Waals surface area contributed by atoms with Gasteiger partial charge in [0.2, 0.25) is 0 Å². The monoisotopic (exact) mass is 254 g/mol. The van der Waals surface area contributed by atoms with Gasteiger partial charge in [-0.1, -0.05) is 30.3 Å². The zero-order valence-corrected chi connectivity index (χ0v) is 10.8. The molecule has 3 nitrogen and oxygen atoms in total. The second-order valence-electron chi connectivity index (χ2n) is 4.89. The average Bonchev–Trinajstić information content (AvgIpc) is 2.64. The van der Waals surface area contributed by atoms with Crippen molar-refractivity contribution in [1.29, 1.82) is 0 Å². The summed E-state index contributed by atoms with van der Waals surface area (Å²) in [4.78, 5) is 2.39. The van der Waals surface area contributed by atoms with Crippen molar-refractivity contribution in [2.24, 2.45) is 0 Å². The molecule has 2 aromatic carbocycles. The summed E-state index contributed by atoms with van der Waals surface area (Å²) in [7, 11) is 0. The summed E-state index contributed by atoms with van der Waals surface area (Å²) in [5.41, 5.74) is 3.87. The van der Waals surface area contributed by atoms with E-state index in [4.69, 9.17) is 0 Å². The van der Waals surface area contributed by atoms with Crippen LogP contribution in [0.2, 0.25) is 0 Å². The predicted molar refractivity (Wildman–Crippen MR) is 77.3 cm³/mol. The summed E-state index contributed by atoms with van der Waals surface area (Å²) >= 11 is 0. The quantitative estimate of drug-likeness (QED) is 0.864. The predicted octanol–water partition coefficient (Wildman–Crippen LogP) is 2.50. The topological polar surface area (TPSA) is 35.5 Å². The molecule has 0 saturated carbocycles. The Morgan fingerprint density at radius 2 is 1.84 bits per heavy atom. The number of hydrogen-bond donors (Lipinski definition) is 2. The lowest BCUT2D eigenvalue weighted by atomic mass is 10.1. The lowest BCUT2D eigenvalue weighted by molar-refractivity contribution is 0.475. The Kier molecular flexibility index (Phi) is 3.38. The molecule has 0 spiro atoms. The number of anilines is 1. The molecule has 0 unspecified atom stereocenters. The molecule has 2 aromatic rings. The Morgan fingerprint density at radius 3 is 2.68 bits per heavy atom. The Balaban J connectivity index is 1.86. The number of benzene rings is 2. The number of aromatic hydroxyl groups is 1. The molecule has 1 aliphatic heterocycles. The second kappa shape index (κ2) is 5.33. The van der Waals surface area contributed by atoms with Gasteiger partial charge in [0.05, 0.1) is 0 Å². The van der Waals surface area contributed by atoms with Crippen LogP contribution in [0.3, 0.4) is 0 Å². The SMILES string of the molecule is Oc1ccc(CN2CCNCc3ccccc32)cc1. The van der Waals surface area contributed by atoms with Crippen LogP contribution < -0.4 is 10.2 Å². The second-order valence-corrected chi connectivity index (χ2v) is 4.89. The molecule has 19 heavy (non-hydrogen) atoms. The average molecular weight is 254 g/mol. The number of phenols is 1. The minimum absolute atomic E-state index is 0.321. The number of rotatable bonds is 2. The minimum Gasteiger partial charge on any atom is -0.508 e. The summed E-state index contributed by atoms with van der Waals surface area (Å²) < 4.78 is 0. The molecule has 98 valence electrons. The highest BCUT2D eigenvalue weighted by Crippen LogP contribution is 2.24. The van der Waals surface area contributed by atoms with E-state index in [1.54, 1.807) is 12.1 Å². The van der Waals surface area contributed by atoms with E-state index in [1.807, 2.05) is 12.1 Å². The van der Waals surface area contributed by atoms with Gasteiger partial charge in [-0.2, -0.15) is 0 Å². The smallest absolute Gasteiger partial charge is 0.115 e. The van der Waals surface area contributed by atoms with Crippen LogP contribution in [-0.4, -0.2) is 18.2 Å². The first kappa shape index (κ1) is 12.1. The van der Waals surface area contributed by atoms with Gasteiger partial charge in [-0.05, 0) is 29.3 Å². The van der Waals surface area contributed by atoms with Crippen molar-refractivity contribution in [3.8, 4) is 5.75 Å². The first-order chi connectivity index (χ1) is 9.33. The van der Waals surface area contributed by atoms with Crippen LogP contribution in [0, 0.1) is 0 Å². The van der Waals surface area contributed by atoms with Crippen molar-refractivity contribution in [2.75, 3.05) is 18.0 Å². The summed E-state index contributed by atoms with van der Waals surface area (Å²) in [6.45, 7) is 3.80. The first-order valence-electron chi connectivity index (χ1n) is 6.64. The molecule has 3 heteroatoms. The number of fused-ring (bicyclic) bond motifs is 1. The van der Waals surface area contributed by atoms with Gasteiger partial charge in [-0.15, -0.1) is 0 Å². The van der Waals surface area contributed by atoms with Gasteiger partial charge in [-0.3, -0.25) is 0 Å². The van der Waals surface area contributed by atoms with Crippen molar-refractivity contribution in [1.82, 2.24) is 5.32 Å². The van der Waals surface area contributed by atoms with Crippen molar-refractivity contribution >= 4 is 5.69 Å². The van der Waals surface area contributed by atoms with Crippen LogP contribution in [0.25, 0.3) is 0 Å². The maximum atomic E-state index is 9.34. The zero-order valence-electron chi connectivity index (χ0n) is 10.8. The van der Waals surface area contributed by atoms with E-state index >= 15 is 0 Å². The number of para-hydroxylation sites is 1. The Morgan fingerprint density at radius 1 is 1.05 bits per heavy atom. The molecule has 0 aromatic heterocycles. The Bertz CT molecular complexity index is 551. The van der Waals surface area contributed by atoms with Crippen molar-refractivity contribution in [3.05, 3.63) is 59.7 Å². The summed E-state index contributed by atoms with van der Waals surface area (Å²) in [6.07, 6.45) is 0. The van der Waals surface area contributed by atoms with E-state index < -0.39 is 0 Å². The summed E-state index contributed by atoms with van der Waals surface area (Å²) in [6, 6.07) is 16.0. The minimum atomic E-state index is 0.321. The molecule has 0 saturated heterocycles. The summed E-state index contributed by atoms with van der Waals surface area (Å²) in [5.74, 6) is 0.321. The maximum absolute atomic E-state index is 9.34. The number of hydrogen-bond acceptors (Lipinski definition) is 3. The highest BCUT2D eigenvalue weighted by atomic mass is 16.3. The fourth-order valence-corrected chi connectivity index (χ4v) is 2.51. The van der Waals surface area contributed by atoms with Crippen LogP contribution in [-0.2, 0) is 13.1 Å². The van der Waals surface area contributed by atoms with Crippen molar-refractivity contribution in [3.63, 3.8) is 0 Å². The van der Waals surface area contributed by atoms with E-state index in [9.17, 15) is 5.11 Å². The number of phenolic OH excluding ortho intramolecular Hbond substituents is 1. The molecule has 0 bridgehead atoms. The van der Waals surface area contributed by atoms with Gasteiger partial charge in [-0.25, -0.2) is 0 Å². The van der Waals surface area contributed by atoms with Gasteiger partial charge in [0, 0.05) is 31.9 Å². The highest BCUT2D eigenvalue weighted by molar-refractivity contribution is 5.54. The lowest BCUT2D eigenvalue weighted by Gasteiger charge is -2.24. The molecule has 1 heterocycles. The van der Waals surface area contributed by atoms with Crippen molar-refractivity contribution < 1.29 is 5.11 Å². The maximum Gasteiger partial charge on any atom is 0.115 e. The van der Waals surface area contributed by atoms with Gasteiger partial charge in [0.25, 0.3) is 0 Å². The van der Waals surface area contributed by atoms with Gasteiger partial charge >= 0.3 is 0 Å². The van der Waals surface area contributed by atoms with Crippen LogP contribution in [0.5, 0.6) is 5.75 Å². The van der Waals surface area contributed by atoms with Gasteiger partial charge in [0.15, 0.2) is 0 Å². The van der Waals surface area contributed by atoms with E-state index in [2.05, 4.69) is 34.5 Å². The molecule has 2 N–H and O–H groups in total. The largest absolute Gasteiger partial charge is 0.508 e. The van der Waals surface area contributed by atoms with Gasteiger partial charge in [0.1, 0.15) is 5.75 Å². The first-order valence-corrected chi connectivity index (χ1v) is 6.64. The van der Waals surface area contributed by atoms with E-state index in [0.717, 1.165) is 26.2 Å². The molecule has 0 fully saturated rings. The summed E-state index contributed by atoms with van der Waals surface area (Å²) in [5, 5.41) is 12.8. The van der Waals surface area contributed by atoms with Gasteiger partial charge < -0.3 is 15.3 Å². The molecule has 1 aliphatic rings.